The second-order valence-corrected chi connectivity index (χ2v) is 5.87. The molecule has 3 nitrogen and oxygen atoms in total. The molecule has 0 aliphatic carbocycles. The third kappa shape index (κ3) is 3.85. The SMILES string of the molecule is Cc1cc(OC[C@@]2(O)CCCNCC2)cc(C)c1Cl. The Bertz CT molecular complexity index is 417. The van der Waals surface area contributed by atoms with E-state index in [1.54, 1.807) is 0 Å². The third-order valence-corrected chi connectivity index (χ3v) is 4.28. The standard InChI is InChI=1S/C15H22ClNO2/c1-11-8-13(9-12(2)14(11)16)19-10-15(18)4-3-6-17-7-5-15/h8-9,17-18H,3-7,10H2,1-2H3/t15-/m1/s1. The zero-order valence-corrected chi connectivity index (χ0v) is 12.4. The van der Waals surface area contributed by atoms with Crippen molar-refractivity contribution in [2.45, 2.75) is 38.7 Å². The molecule has 2 rings (SSSR count). The van der Waals surface area contributed by atoms with Crippen LogP contribution in [0, 0.1) is 13.8 Å². The van der Waals surface area contributed by atoms with Gasteiger partial charge in [0.25, 0.3) is 0 Å². The zero-order valence-electron chi connectivity index (χ0n) is 11.6. The summed E-state index contributed by atoms with van der Waals surface area (Å²) in [5, 5.41) is 14.6. The Labute approximate surface area is 119 Å². The highest BCUT2D eigenvalue weighted by molar-refractivity contribution is 6.32. The van der Waals surface area contributed by atoms with E-state index in [0.29, 0.717) is 6.61 Å². The Kier molecular flexibility index (Phi) is 4.71. The molecule has 1 heterocycles. The Balaban J connectivity index is 2.01. The van der Waals surface area contributed by atoms with E-state index in [0.717, 1.165) is 54.3 Å². The van der Waals surface area contributed by atoms with E-state index in [2.05, 4.69) is 5.32 Å². The zero-order chi connectivity index (χ0) is 13.9. The lowest BCUT2D eigenvalue weighted by atomic mass is 9.96. The van der Waals surface area contributed by atoms with Crippen LogP contribution in [-0.2, 0) is 0 Å². The van der Waals surface area contributed by atoms with E-state index < -0.39 is 5.60 Å². The lowest BCUT2D eigenvalue weighted by Crippen LogP contribution is -2.36. The monoisotopic (exact) mass is 283 g/mol. The molecule has 1 atom stereocenters. The number of benzene rings is 1. The van der Waals surface area contributed by atoms with E-state index in [1.165, 1.54) is 0 Å². The normalized spacial score (nSPS) is 24.0. The van der Waals surface area contributed by atoms with E-state index in [1.807, 2.05) is 26.0 Å². The molecule has 0 bridgehead atoms. The van der Waals surface area contributed by atoms with Crippen LogP contribution in [0.5, 0.6) is 5.75 Å². The lowest BCUT2D eigenvalue weighted by Gasteiger charge is -2.26. The molecule has 4 heteroatoms. The molecule has 1 aromatic carbocycles. The molecule has 0 unspecified atom stereocenters. The van der Waals surface area contributed by atoms with Crippen LogP contribution in [-0.4, -0.2) is 30.4 Å². The topological polar surface area (TPSA) is 41.5 Å². The molecule has 1 aliphatic rings. The van der Waals surface area contributed by atoms with Crippen LogP contribution < -0.4 is 10.1 Å². The Hall–Kier alpha value is -0.770. The minimum absolute atomic E-state index is 0.342. The molecule has 2 N–H and O–H groups in total. The van der Waals surface area contributed by atoms with Gasteiger partial charge in [-0.25, -0.2) is 0 Å². The third-order valence-electron chi connectivity index (χ3n) is 3.68. The number of hydrogen-bond acceptors (Lipinski definition) is 3. The van der Waals surface area contributed by atoms with Crippen LogP contribution in [0.2, 0.25) is 5.02 Å². The van der Waals surface area contributed by atoms with E-state index >= 15 is 0 Å². The van der Waals surface area contributed by atoms with Gasteiger partial charge in [0.15, 0.2) is 0 Å². The van der Waals surface area contributed by atoms with E-state index in [-0.39, 0.29) is 0 Å². The molecule has 0 amide bonds. The fourth-order valence-electron chi connectivity index (χ4n) is 2.47. The van der Waals surface area contributed by atoms with Gasteiger partial charge < -0.3 is 15.2 Å². The van der Waals surface area contributed by atoms with Gasteiger partial charge >= 0.3 is 0 Å². The number of halogens is 1. The quantitative estimate of drug-likeness (QED) is 0.896. The molecule has 106 valence electrons. The molecule has 0 saturated carbocycles. The highest BCUT2D eigenvalue weighted by Crippen LogP contribution is 2.27. The molecule has 19 heavy (non-hydrogen) atoms. The molecule has 1 aliphatic heterocycles. The number of nitrogens with one attached hydrogen (secondary N) is 1. The molecule has 1 fully saturated rings. The lowest BCUT2D eigenvalue weighted by molar-refractivity contribution is -0.0147. The number of ether oxygens (including phenoxy) is 1. The second kappa shape index (κ2) is 6.12. The van der Waals surface area contributed by atoms with Crippen LogP contribution >= 0.6 is 11.6 Å². The highest BCUT2D eigenvalue weighted by atomic mass is 35.5. The summed E-state index contributed by atoms with van der Waals surface area (Å²) in [7, 11) is 0. The summed E-state index contributed by atoms with van der Waals surface area (Å²) in [6.07, 6.45) is 2.50. The van der Waals surface area contributed by atoms with Gasteiger partial charge in [-0.2, -0.15) is 0 Å². The summed E-state index contributed by atoms with van der Waals surface area (Å²) in [6.45, 7) is 6.09. The van der Waals surface area contributed by atoms with Crippen molar-refractivity contribution < 1.29 is 9.84 Å². The summed E-state index contributed by atoms with van der Waals surface area (Å²) in [5.74, 6) is 0.782. The minimum atomic E-state index is -0.717. The van der Waals surface area contributed by atoms with Gasteiger partial charge in [0.2, 0.25) is 0 Å². The van der Waals surface area contributed by atoms with E-state index in [9.17, 15) is 5.11 Å². The van der Waals surface area contributed by atoms with Crippen molar-refractivity contribution in [3.05, 3.63) is 28.3 Å². The first-order valence-corrected chi connectivity index (χ1v) is 7.21. The smallest absolute Gasteiger partial charge is 0.120 e. The van der Waals surface area contributed by atoms with Gasteiger partial charge in [0, 0.05) is 5.02 Å². The molecule has 0 spiro atoms. The van der Waals surface area contributed by atoms with Crippen molar-refractivity contribution in [3.8, 4) is 5.75 Å². The van der Waals surface area contributed by atoms with Crippen molar-refractivity contribution >= 4 is 11.6 Å². The fraction of sp³-hybridized carbons (Fsp3) is 0.600. The number of aryl methyl sites for hydroxylation is 2. The van der Waals surface area contributed by atoms with Gasteiger partial charge in [0.1, 0.15) is 12.4 Å². The fourth-order valence-corrected chi connectivity index (χ4v) is 2.57. The molecule has 0 aromatic heterocycles. The van der Waals surface area contributed by atoms with Crippen molar-refractivity contribution in [1.29, 1.82) is 0 Å². The highest BCUT2D eigenvalue weighted by Gasteiger charge is 2.28. The van der Waals surface area contributed by atoms with Gasteiger partial charge in [-0.05, 0) is 69.5 Å². The maximum Gasteiger partial charge on any atom is 0.120 e. The van der Waals surface area contributed by atoms with Gasteiger partial charge in [-0.1, -0.05) is 11.6 Å². The first-order valence-electron chi connectivity index (χ1n) is 6.83. The summed E-state index contributed by atoms with van der Waals surface area (Å²) in [6, 6.07) is 3.85. The van der Waals surface area contributed by atoms with Crippen molar-refractivity contribution in [2.75, 3.05) is 19.7 Å². The molecular weight excluding hydrogens is 262 g/mol. The van der Waals surface area contributed by atoms with Crippen LogP contribution in [0.3, 0.4) is 0 Å². The van der Waals surface area contributed by atoms with Gasteiger partial charge in [-0.3, -0.25) is 0 Å². The van der Waals surface area contributed by atoms with E-state index in [4.69, 9.17) is 16.3 Å². The minimum Gasteiger partial charge on any atom is -0.491 e. The largest absolute Gasteiger partial charge is 0.491 e. The van der Waals surface area contributed by atoms with Crippen LogP contribution in [0.25, 0.3) is 0 Å². The maximum atomic E-state index is 10.5. The Morgan fingerprint density at radius 2 is 1.95 bits per heavy atom. The summed E-state index contributed by atoms with van der Waals surface area (Å²) >= 11 is 6.13. The molecule has 1 aromatic rings. The predicted molar refractivity (Wildman–Crippen MR) is 78.1 cm³/mol. The Morgan fingerprint density at radius 3 is 2.63 bits per heavy atom. The molecular formula is C15H22ClNO2. The van der Waals surface area contributed by atoms with Crippen molar-refractivity contribution in [1.82, 2.24) is 5.32 Å². The average Bonchev–Trinajstić information content (AvgIpc) is 2.59. The summed E-state index contributed by atoms with van der Waals surface area (Å²) in [5.41, 5.74) is 1.29. The van der Waals surface area contributed by atoms with Gasteiger partial charge in [-0.15, -0.1) is 0 Å². The molecule has 0 radical (unpaired) electrons. The maximum absolute atomic E-state index is 10.5. The summed E-state index contributed by atoms with van der Waals surface area (Å²) < 4.78 is 5.78. The van der Waals surface area contributed by atoms with Crippen molar-refractivity contribution in [2.24, 2.45) is 0 Å². The van der Waals surface area contributed by atoms with Crippen LogP contribution in [0.4, 0.5) is 0 Å². The van der Waals surface area contributed by atoms with Crippen molar-refractivity contribution in [3.63, 3.8) is 0 Å². The number of rotatable bonds is 3. The summed E-state index contributed by atoms with van der Waals surface area (Å²) in [4.78, 5) is 0. The average molecular weight is 284 g/mol. The second-order valence-electron chi connectivity index (χ2n) is 5.49. The van der Waals surface area contributed by atoms with Crippen LogP contribution in [0.1, 0.15) is 30.4 Å². The Morgan fingerprint density at radius 1 is 1.26 bits per heavy atom. The number of aliphatic hydroxyl groups is 1. The van der Waals surface area contributed by atoms with Crippen LogP contribution in [0.15, 0.2) is 12.1 Å². The first kappa shape index (κ1) is 14.6. The first-order chi connectivity index (χ1) is 9.00. The number of hydrogen-bond donors (Lipinski definition) is 2. The van der Waals surface area contributed by atoms with Gasteiger partial charge in [0.05, 0.1) is 5.60 Å². The predicted octanol–water partition coefficient (Wildman–Crippen LogP) is 2.84. The molecule has 1 saturated heterocycles.